The van der Waals surface area contributed by atoms with Gasteiger partial charge in [-0.3, -0.25) is 4.79 Å². The summed E-state index contributed by atoms with van der Waals surface area (Å²) >= 11 is 3.29. The highest BCUT2D eigenvalue weighted by Gasteiger charge is 2.07. The van der Waals surface area contributed by atoms with Gasteiger partial charge in [-0.05, 0) is 28.8 Å². The van der Waals surface area contributed by atoms with E-state index in [1.54, 1.807) is 6.20 Å². The maximum Gasteiger partial charge on any atom is 0.283 e. The Kier molecular flexibility index (Phi) is 7.69. The van der Waals surface area contributed by atoms with Crippen LogP contribution >= 0.6 is 15.9 Å². The molecule has 0 aliphatic carbocycles. The lowest BCUT2D eigenvalue weighted by molar-refractivity contribution is 0.0922. The summed E-state index contributed by atoms with van der Waals surface area (Å²) in [5.41, 5.74) is 0.572. The van der Waals surface area contributed by atoms with Crippen LogP contribution in [-0.2, 0) is 11.3 Å². The molecule has 0 fully saturated rings. The Morgan fingerprint density at radius 3 is 3.00 bits per heavy atom. The summed E-state index contributed by atoms with van der Waals surface area (Å²) in [4.78, 5) is 11.9. The van der Waals surface area contributed by atoms with Gasteiger partial charge in [-0.2, -0.15) is 5.10 Å². The highest BCUT2D eigenvalue weighted by Crippen LogP contribution is 2.15. The number of aromatic nitrogens is 2. The molecule has 19 heavy (non-hydrogen) atoms. The Balaban J connectivity index is 2.46. The molecule has 0 saturated carbocycles. The van der Waals surface area contributed by atoms with Crippen molar-refractivity contribution in [2.24, 2.45) is 0 Å². The standard InChI is InChI=1S/C12H20BrN3O3/c1-2-5-16-12(18)11(13)10(9-15-16)14-4-3-7-19-8-6-17/h9,14,17H,2-8H2,1H3. The first-order chi connectivity index (χ1) is 9.20. The van der Waals surface area contributed by atoms with Crippen molar-refractivity contribution in [3.8, 4) is 0 Å². The van der Waals surface area contributed by atoms with E-state index in [4.69, 9.17) is 9.84 Å². The number of aliphatic hydroxyl groups is 1. The zero-order chi connectivity index (χ0) is 14.1. The molecule has 0 amide bonds. The van der Waals surface area contributed by atoms with Gasteiger partial charge in [0.15, 0.2) is 0 Å². The van der Waals surface area contributed by atoms with Crippen molar-refractivity contribution in [3.05, 3.63) is 21.0 Å². The summed E-state index contributed by atoms with van der Waals surface area (Å²) in [5, 5.41) is 15.8. The first-order valence-electron chi connectivity index (χ1n) is 6.38. The fraction of sp³-hybridized carbons (Fsp3) is 0.667. The van der Waals surface area contributed by atoms with E-state index in [1.807, 2.05) is 6.92 Å². The summed E-state index contributed by atoms with van der Waals surface area (Å²) in [6.45, 7) is 4.28. The quantitative estimate of drug-likeness (QED) is 0.664. The largest absolute Gasteiger partial charge is 0.394 e. The van der Waals surface area contributed by atoms with Gasteiger partial charge in [-0.25, -0.2) is 4.68 Å². The van der Waals surface area contributed by atoms with Crippen LogP contribution in [0.25, 0.3) is 0 Å². The molecular formula is C12H20BrN3O3. The van der Waals surface area contributed by atoms with Crippen LogP contribution in [0.3, 0.4) is 0 Å². The molecule has 0 spiro atoms. The van der Waals surface area contributed by atoms with Gasteiger partial charge >= 0.3 is 0 Å². The minimum absolute atomic E-state index is 0.0402. The molecule has 7 heteroatoms. The minimum atomic E-state index is -0.122. The minimum Gasteiger partial charge on any atom is -0.394 e. The Morgan fingerprint density at radius 2 is 2.32 bits per heavy atom. The number of rotatable bonds is 9. The van der Waals surface area contributed by atoms with Crippen LogP contribution in [0.5, 0.6) is 0 Å². The molecular weight excluding hydrogens is 314 g/mol. The monoisotopic (exact) mass is 333 g/mol. The molecule has 0 aliphatic rings. The summed E-state index contributed by atoms with van der Waals surface area (Å²) in [7, 11) is 0. The van der Waals surface area contributed by atoms with E-state index in [-0.39, 0.29) is 12.2 Å². The second-order valence-corrected chi connectivity index (χ2v) is 4.81. The molecule has 1 rings (SSSR count). The molecule has 108 valence electrons. The summed E-state index contributed by atoms with van der Waals surface area (Å²) < 4.78 is 7.09. The maximum atomic E-state index is 11.9. The van der Waals surface area contributed by atoms with Crippen molar-refractivity contribution in [2.45, 2.75) is 26.3 Å². The van der Waals surface area contributed by atoms with Gasteiger partial charge in [-0.1, -0.05) is 6.92 Å². The number of aliphatic hydroxyl groups excluding tert-OH is 1. The summed E-state index contributed by atoms with van der Waals surface area (Å²) in [6.07, 6.45) is 3.31. The SMILES string of the molecule is CCCn1ncc(NCCCOCCO)c(Br)c1=O. The fourth-order valence-corrected chi connectivity index (χ4v) is 1.97. The van der Waals surface area contributed by atoms with Crippen molar-refractivity contribution in [3.63, 3.8) is 0 Å². The van der Waals surface area contributed by atoms with E-state index < -0.39 is 0 Å². The number of aryl methyl sites for hydroxylation is 1. The van der Waals surface area contributed by atoms with Crippen LogP contribution in [0.15, 0.2) is 15.5 Å². The first kappa shape index (κ1) is 16.1. The first-order valence-corrected chi connectivity index (χ1v) is 7.18. The van der Waals surface area contributed by atoms with Crippen LogP contribution in [0.4, 0.5) is 5.69 Å². The smallest absolute Gasteiger partial charge is 0.283 e. The molecule has 0 radical (unpaired) electrons. The van der Waals surface area contributed by atoms with Gasteiger partial charge in [0, 0.05) is 19.7 Å². The second kappa shape index (κ2) is 9.06. The van der Waals surface area contributed by atoms with Gasteiger partial charge < -0.3 is 15.2 Å². The molecule has 0 atom stereocenters. The van der Waals surface area contributed by atoms with Gasteiger partial charge in [0.1, 0.15) is 4.47 Å². The summed E-state index contributed by atoms with van der Waals surface area (Å²) in [6, 6.07) is 0. The van der Waals surface area contributed by atoms with E-state index in [0.717, 1.165) is 12.8 Å². The van der Waals surface area contributed by atoms with Gasteiger partial charge in [0.2, 0.25) is 0 Å². The van der Waals surface area contributed by atoms with E-state index >= 15 is 0 Å². The third-order valence-corrected chi connectivity index (χ3v) is 3.20. The van der Waals surface area contributed by atoms with Crippen molar-refractivity contribution < 1.29 is 9.84 Å². The highest BCUT2D eigenvalue weighted by molar-refractivity contribution is 9.10. The van der Waals surface area contributed by atoms with Crippen molar-refractivity contribution >= 4 is 21.6 Å². The average Bonchev–Trinajstić information content (AvgIpc) is 2.41. The fourth-order valence-electron chi connectivity index (χ4n) is 1.52. The van der Waals surface area contributed by atoms with Crippen molar-refractivity contribution in [2.75, 3.05) is 31.7 Å². The third-order valence-electron chi connectivity index (χ3n) is 2.44. The van der Waals surface area contributed by atoms with Crippen LogP contribution < -0.4 is 10.9 Å². The van der Waals surface area contributed by atoms with E-state index in [1.165, 1.54) is 4.68 Å². The maximum absolute atomic E-state index is 11.9. The molecule has 0 aromatic carbocycles. The van der Waals surface area contributed by atoms with Gasteiger partial charge in [0.25, 0.3) is 5.56 Å². The van der Waals surface area contributed by atoms with Crippen molar-refractivity contribution in [1.29, 1.82) is 0 Å². The van der Waals surface area contributed by atoms with Crippen molar-refractivity contribution in [1.82, 2.24) is 9.78 Å². The number of ether oxygens (including phenoxy) is 1. The second-order valence-electron chi connectivity index (χ2n) is 4.02. The molecule has 2 N–H and O–H groups in total. The molecule has 0 saturated heterocycles. The predicted molar refractivity (Wildman–Crippen MR) is 77.5 cm³/mol. The number of hydrogen-bond donors (Lipinski definition) is 2. The number of nitrogens with one attached hydrogen (secondary N) is 1. The molecule has 0 bridgehead atoms. The van der Waals surface area contributed by atoms with E-state index in [0.29, 0.717) is 36.5 Å². The molecule has 0 unspecified atom stereocenters. The lowest BCUT2D eigenvalue weighted by Gasteiger charge is -2.10. The lowest BCUT2D eigenvalue weighted by Crippen LogP contribution is -2.24. The summed E-state index contributed by atoms with van der Waals surface area (Å²) in [5.74, 6) is 0. The zero-order valence-electron chi connectivity index (χ0n) is 11.1. The van der Waals surface area contributed by atoms with Crippen LogP contribution in [-0.4, -0.2) is 41.3 Å². The normalized spacial score (nSPS) is 10.7. The predicted octanol–water partition coefficient (Wildman–Crippen LogP) is 1.23. The van der Waals surface area contributed by atoms with E-state index in [9.17, 15) is 4.79 Å². The third kappa shape index (κ3) is 5.30. The van der Waals surface area contributed by atoms with Crippen LogP contribution in [0, 0.1) is 0 Å². The van der Waals surface area contributed by atoms with Crippen LogP contribution in [0.1, 0.15) is 19.8 Å². The molecule has 0 aliphatic heterocycles. The Morgan fingerprint density at radius 1 is 1.53 bits per heavy atom. The van der Waals surface area contributed by atoms with E-state index in [2.05, 4.69) is 26.3 Å². The number of nitrogens with zero attached hydrogens (tertiary/aromatic N) is 2. The Labute approximate surface area is 120 Å². The van der Waals surface area contributed by atoms with Gasteiger partial charge in [-0.15, -0.1) is 0 Å². The molecule has 6 nitrogen and oxygen atoms in total. The van der Waals surface area contributed by atoms with Crippen LogP contribution in [0.2, 0.25) is 0 Å². The number of anilines is 1. The molecule has 1 aromatic heterocycles. The highest BCUT2D eigenvalue weighted by atomic mass is 79.9. The number of hydrogen-bond acceptors (Lipinski definition) is 5. The lowest BCUT2D eigenvalue weighted by atomic mass is 10.4. The zero-order valence-corrected chi connectivity index (χ0v) is 12.6. The topological polar surface area (TPSA) is 76.4 Å². The average molecular weight is 334 g/mol. The molecule has 1 aromatic rings. The Hall–Kier alpha value is -0.920. The number of halogens is 1. The van der Waals surface area contributed by atoms with Gasteiger partial charge in [0.05, 0.1) is 25.1 Å². The molecule has 1 heterocycles. The Bertz CT molecular complexity index is 437.